The lowest BCUT2D eigenvalue weighted by Gasteiger charge is -2.26. The van der Waals surface area contributed by atoms with Gasteiger partial charge in [-0.05, 0) is 36.4 Å². The van der Waals surface area contributed by atoms with Gasteiger partial charge in [0.1, 0.15) is 5.75 Å². The van der Waals surface area contributed by atoms with Crippen molar-refractivity contribution in [1.82, 2.24) is 10.6 Å². The lowest BCUT2D eigenvalue weighted by molar-refractivity contribution is 0.0945. The first-order valence-corrected chi connectivity index (χ1v) is 8.51. The summed E-state index contributed by atoms with van der Waals surface area (Å²) < 4.78 is 5.07. The first kappa shape index (κ1) is 19.2. The monoisotopic (exact) mass is 381 g/mol. The van der Waals surface area contributed by atoms with Crippen LogP contribution in [0.15, 0.2) is 36.4 Å². The maximum Gasteiger partial charge on any atom is 0.261 e. The molecule has 1 saturated heterocycles. The van der Waals surface area contributed by atoms with E-state index in [-0.39, 0.29) is 24.2 Å². The highest BCUT2D eigenvalue weighted by molar-refractivity contribution is 7.18. The first-order valence-electron chi connectivity index (χ1n) is 7.70. The number of ether oxygens (including phenoxy) is 1. The van der Waals surface area contributed by atoms with E-state index in [2.05, 4.69) is 16.0 Å². The van der Waals surface area contributed by atoms with Crippen molar-refractivity contribution in [2.45, 2.75) is 0 Å². The molecule has 3 N–H and O–H groups in total. The largest absolute Gasteiger partial charge is 0.497 e. The third-order valence-electron chi connectivity index (χ3n) is 3.84. The van der Waals surface area contributed by atoms with Crippen molar-refractivity contribution in [3.63, 3.8) is 0 Å². The molecule has 0 unspecified atom stereocenters. The standard InChI is InChI=1S/C17H19N3O3S.ClH/c1-23-13-4-2-12(3-5-13)16(21)20-15-7-6-14(24-15)17(22)19-10-11-8-18-9-11;/h2-7,11,18H,8-10H2,1H3,(H,19,22)(H,20,21);1H. The van der Waals surface area contributed by atoms with Crippen molar-refractivity contribution in [1.29, 1.82) is 0 Å². The Kier molecular flexibility index (Phi) is 6.81. The second-order valence-corrected chi connectivity index (χ2v) is 6.66. The summed E-state index contributed by atoms with van der Waals surface area (Å²) in [6.45, 7) is 2.58. The Bertz CT molecular complexity index is 729. The third kappa shape index (κ3) is 4.94. The van der Waals surface area contributed by atoms with Crippen LogP contribution in [0.5, 0.6) is 5.75 Å². The maximum atomic E-state index is 12.2. The van der Waals surface area contributed by atoms with Crippen LogP contribution >= 0.6 is 23.7 Å². The molecule has 8 heteroatoms. The van der Waals surface area contributed by atoms with Gasteiger partial charge in [-0.1, -0.05) is 0 Å². The van der Waals surface area contributed by atoms with Gasteiger partial charge in [0.05, 0.1) is 17.0 Å². The Morgan fingerprint density at radius 3 is 2.48 bits per heavy atom. The van der Waals surface area contributed by atoms with Crippen LogP contribution in [0, 0.1) is 5.92 Å². The van der Waals surface area contributed by atoms with Crippen LogP contribution < -0.4 is 20.7 Å². The molecule has 25 heavy (non-hydrogen) atoms. The highest BCUT2D eigenvalue weighted by Crippen LogP contribution is 2.23. The van der Waals surface area contributed by atoms with E-state index in [4.69, 9.17) is 4.74 Å². The number of benzene rings is 1. The van der Waals surface area contributed by atoms with E-state index in [0.29, 0.717) is 33.7 Å². The summed E-state index contributed by atoms with van der Waals surface area (Å²) >= 11 is 1.26. The maximum absolute atomic E-state index is 12.2. The minimum Gasteiger partial charge on any atom is -0.497 e. The molecule has 1 aliphatic heterocycles. The molecule has 0 saturated carbocycles. The number of thiophene rings is 1. The van der Waals surface area contributed by atoms with Crippen LogP contribution in [0.25, 0.3) is 0 Å². The Morgan fingerprint density at radius 2 is 1.88 bits per heavy atom. The minimum atomic E-state index is -0.216. The normalized spacial score (nSPS) is 13.3. The van der Waals surface area contributed by atoms with Crippen LogP contribution in [-0.4, -0.2) is 38.6 Å². The van der Waals surface area contributed by atoms with Crippen LogP contribution in [0.2, 0.25) is 0 Å². The SMILES string of the molecule is COc1ccc(C(=O)Nc2ccc(C(=O)NCC3CNC3)s2)cc1.Cl. The summed E-state index contributed by atoms with van der Waals surface area (Å²) in [5, 5.41) is 9.54. The minimum absolute atomic E-state index is 0. The van der Waals surface area contributed by atoms with Crippen LogP contribution in [0.1, 0.15) is 20.0 Å². The van der Waals surface area contributed by atoms with Gasteiger partial charge in [0.25, 0.3) is 11.8 Å². The summed E-state index contributed by atoms with van der Waals surface area (Å²) in [4.78, 5) is 24.9. The molecule has 0 aliphatic carbocycles. The van der Waals surface area contributed by atoms with Crippen molar-refractivity contribution < 1.29 is 14.3 Å². The fourth-order valence-electron chi connectivity index (χ4n) is 2.27. The Balaban J connectivity index is 0.00000225. The smallest absolute Gasteiger partial charge is 0.261 e. The Labute approximate surface area is 156 Å². The molecular formula is C17H20ClN3O3S. The van der Waals surface area contributed by atoms with E-state index < -0.39 is 0 Å². The zero-order valence-electron chi connectivity index (χ0n) is 13.7. The number of anilines is 1. The number of carbonyl (C=O) groups excluding carboxylic acids is 2. The van der Waals surface area contributed by atoms with Gasteiger partial charge in [-0.2, -0.15) is 0 Å². The molecule has 1 aliphatic rings. The summed E-state index contributed by atoms with van der Waals surface area (Å²) in [5.74, 6) is 0.898. The summed E-state index contributed by atoms with van der Waals surface area (Å²) in [6, 6.07) is 10.3. The topological polar surface area (TPSA) is 79.5 Å². The second kappa shape index (κ2) is 8.84. The molecule has 0 radical (unpaired) electrons. The summed E-state index contributed by atoms with van der Waals surface area (Å²) in [5.41, 5.74) is 0.535. The number of hydrogen-bond donors (Lipinski definition) is 3. The van der Waals surface area contributed by atoms with Gasteiger partial charge in [0.15, 0.2) is 0 Å². The highest BCUT2D eigenvalue weighted by Gasteiger charge is 2.18. The molecule has 1 aromatic heterocycles. The molecule has 3 rings (SSSR count). The number of hydrogen-bond acceptors (Lipinski definition) is 5. The number of halogens is 1. The molecule has 1 aromatic carbocycles. The van der Waals surface area contributed by atoms with Crippen LogP contribution in [-0.2, 0) is 0 Å². The first-order chi connectivity index (χ1) is 11.7. The van der Waals surface area contributed by atoms with Gasteiger partial charge in [0, 0.05) is 31.1 Å². The number of methoxy groups -OCH3 is 1. The molecule has 0 atom stereocenters. The zero-order valence-corrected chi connectivity index (χ0v) is 15.3. The van der Waals surface area contributed by atoms with Gasteiger partial charge < -0.3 is 20.7 Å². The van der Waals surface area contributed by atoms with Crippen LogP contribution in [0.4, 0.5) is 5.00 Å². The Hall–Kier alpha value is -2.09. The highest BCUT2D eigenvalue weighted by atomic mass is 35.5. The van der Waals surface area contributed by atoms with E-state index in [0.717, 1.165) is 13.1 Å². The molecule has 2 heterocycles. The molecule has 0 spiro atoms. The van der Waals surface area contributed by atoms with E-state index >= 15 is 0 Å². The number of amides is 2. The average molecular weight is 382 g/mol. The lowest BCUT2D eigenvalue weighted by Crippen LogP contribution is -2.48. The van der Waals surface area contributed by atoms with Crippen molar-refractivity contribution in [3.8, 4) is 5.75 Å². The molecule has 2 amide bonds. The van der Waals surface area contributed by atoms with Gasteiger partial charge in [-0.25, -0.2) is 0 Å². The predicted octanol–water partition coefficient (Wildman–Crippen LogP) is 2.38. The summed E-state index contributed by atoms with van der Waals surface area (Å²) in [7, 11) is 1.58. The van der Waals surface area contributed by atoms with Crippen molar-refractivity contribution >= 4 is 40.6 Å². The van der Waals surface area contributed by atoms with E-state index in [1.165, 1.54) is 11.3 Å². The summed E-state index contributed by atoms with van der Waals surface area (Å²) in [6.07, 6.45) is 0. The fraction of sp³-hybridized carbons (Fsp3) is 0.294. The molecular weight excluding hydrogens is 362 g/mol. The van der Waals surface area contributed by atoms with Crippen molar-refractivity contribution in [3.05, 3.63) is 46.8 Å². The van der Waals surface area contributed by atoms with Crippen molar-refractivity contribution in [2.75, 3.05) is 32.1 Å². The third-order valence-corrected chi connectivity index (χ3v) is 4.84. The Morgan fingerprint density at radius 1 is 1.16 bits per heavy atom. The number of carbonyl (C=O) groups is 2. The number of rotatable bonds is 6. The van der Waals surface area contributed by atoms with E-state index in [9.17, 15) is 9.59 Å². The lowest BCUT2D eigenvalue weighted by atomic mass is 10.0. The van der Waals surface area contributed by atoms with E-state index in [1.54, 1.807) is 43.5 Å². The fourth-order valence-corrected chi connectivity index (χ4v) is 3.09. The molecule has 134 valence electrons. The van der Waals surface area contributed by atoms with Gasteiger partial charge >= 0.3 is 0 Å². The van der Waals surface area contributed by atoms with Crippen LogP contribution in [0.3, 0.4) is 0 Å². The molecule has 6 nitrogen and oxygen atoms in total. The molecule has 0 bridgehead atoms. The van der Waals surface area contributed by atoms with Gasteiger partial charge in [-0.3, -0.25) is 9.59 Å². The van der Waals surface area contributed by atoms with Crippen molar-refractivity contribution in [2.24, 2.45) is 5.92 Å². The quantitative estimate of drug-likeness (QED) is 0.717. The number of nitrogens with one attached hydrogen (secondary N) is 3. The average Bonchev–Trinajstić information content (AvgIpc) is 3.02. The molecule has 2 aromatic rings. The second-order valence-electron chi connectivity index (χ2n) is 5.58. The van der Waals surface area contributed by atoms with Gasteiger partial charge in [-0.15, -0.1) is 23.7 Å². The molecule has 1 fully saturated rings. The zero-order chi connectivity index (χ0) is 16.9. The predicted molar refractivity (Wildman–Crippen MR) is 101 cm³/mol. The van der Waals surface area contributed by atoms with E-state index in [1.807, 2.05) is 0 Å². The van der Waals surface area contributed by atoms with Gasteiger partial charge in [0.2, 0.25) is 0 Å².